The van der Waals surface area contributed by atoms with Gasteiger partial charge in [-0.05, 0) is 43.7 Å². The Balaban J connectivity index is 1.89. The third-order valence-electron chi connectivity index (χ3n) is 3.90. The zero-order valence-corrected chi connectivity index (χ0v) is 11.9. The predicted molar refractivity (Wildman–Crippen MR) is 78.0 cm³/mol. The molecule has 2 rings (SSSR count). The molecule has 0 bridgehead atoms. The number of hydrogen-bond acceptors (Lipinski definition) is 2. The molecule has 1 aliphatic carbocycles. The van der Waals surface area contributed by atoms with Crippen LogP contribution < -0.4 is 10.6 Å². The van der Waals surface area contributed by atoms with Gasteiger partial charge in [0.25, 0.3) is 0 Å². The molecule has 0 heterocycles. The van der Waals surface area contributed by atoms with Gasteiger partial charge in [-0.1, -0.05) is 31.2 Å². The fourth-order valence-corrected chi connectivity index (χ4v) is 2.61. The maximum absolute atomic E-state index is 11.8. The lowest BCUT2D eigenvalue weighted by atomic mass is 9.88. The maximum Gasteiger partial charge on any atom is 0.234 e. The lowest BCUT2D eigenvalue weighted by molar-refractivity contribution is -0.121. The van der Waals surface area contributed by atoms with Crippen molar-refractivity contribution in [2.24, 2.45) is 0 Å². The summed E-state index contributed by atoms with van der Waals surface area (Å²) in [6, 6.07) is 9.14. The van der Waals surface area contributed by atoms with E-state index < -0.39 is 0 Å². The number of benzene rings is 1. The standard InChI is InChI=1S/C16H24N2O/c1-3-12(2)18-16(19)11-17-15-10-6-8-13-7-4-5-9-14(13)15/h4-5,7,9,12,15,17H,3,6,8,10-11H2,1-2H3,(H,18,19). The van der Waals surface area contributed by atoms with Gasteiger partial charge in [-0.2, -0.15) is 0 Å². The van der Waals surface area contributed by atoms with Gasteiger partial charge in [-0.15, -0.1) is 0 Å². The van der Waals surface area contributed by atoms with Crippen LogP contribution in [0.1, 0.15) is 50.3 Å². The summed E-state index contributed by atoms with van der Waals surface area (Å²) in [6.45, 7) is 4.52. The molecule has 2 unspecified atom stereocenters. The molecule has 19 heavy (non-hydrogen) atoms. The molecule has 1 amide bonds. The van der Waals surface area contributed by atoms with E-state index in [0.717, 1.165) is 19.3 Å². The van der Waals surface area contributed by atoms with Crippen LogP contribution in [0.25, 0.3) is 0 Å². The lowest BCUT2D eigenvalue weighted by Crippen LogP contribution is -2.40. The Labute approximate surface area is 115 Å². The number of amides is 1. The molecular weight excluding hydrogens is 236 g/mol. The molecular formula is C16H24N2O. The zero-order valence-electron chi connectivity index (χ0n) is 11.9. The van der Waals surface area contributed by atoms with Crippen LogP contribution in [0.15, 0.2) is 24.3 Å². The topological polar surface area (TPSA) is 41.1 Å². The highest BCUT2D eigenvalue weighted by atomic mass is 16.1. The first-order chi connectivity index (χ1) is 9.20. The SMILES string of the molecule is CCC(C)NC(=O)CNC1CCCc2ccccc21. The first-order valence-electron chi connectivity index (χ1n) is 7.31. The molecule has 3 nitrogen and oxygen atoms in total. The molecule has 2 atom stereocenters. The van der Waals surface area contributed by atoms with Crippen molar-refractivity contribution in [2.75, 3.05) is 6.54 Å². The second kappa shape index (κ2) is 6.71. The summed E-state index contributed by atoms with van der Waals surface area (Å²) < 4.78 is 0. The minimum Gasteiger partial charge on any atom is -0.353 e. The second-order valence-electron chi connectivity index (χ2n) is 5.40. The van der Waals surface area contributed by atoms with Crippen LogP contribution in [0, 0.1) is 0 Å². The van der Waals surface area contributed by atoms with Gasteiger partial charge < -0.3 is 10.6 Å². The van der Waals surface area contributed by atoms with Gasteiger partial charge in [0.1, 0.15) is 0 Å². The predicted octanol–water partition coefficient (Wildman–Crippen LogP) is 2.57. The smallest absolute Gasteiger partial charge is 0.234 e. The third kappa shape index (κ3) is 3.80. The van der Waals surface area contributed by atoms with Crippen molar-refractivity contribution in [1.82, 2.24) is 10.6 Å². The minimum atomic E-state index is 0.0948. The Morgan fingerprint density at radius 1 is 1.42 bits per heavy atom. The molecule has 1 aromatic carbocycles. The first-order valence-corrected chi connectivity index (χ1v) is 7.31. The quantitative estimate of drug-likeness (QED) is 0.854. The molecule has 0 saturated carbocycles. The molecule has 0 spiro atoms. The Morgan fingerprint density at radius 2 is 2.21 bits per heavy atom. The number of hydrogen-bond donors (Lipinski definition) is 2. The molecule has 2 N–H and O–H groups in total. The van der Waals surface area contributed by atoms with Crippen LogP contribution in [0.5, 0.6) is 0 Å². The number of aryl methyl sites for hydroxylation is 1. The molecule has 0 aromatic heterocycles. The number of rotatable bonds is 5. The molecule has 0 aliphatic heterocycles. The molecule has 1 aliphatic rings. The largest absolute Gasteiger partial charge is 0.353 e. The van der Waals surface area contributed by atoms with Crippen LogP contribution in [0.2, 0.25) is 0 Å². The normalized spacial score (nSPS) is 19.6. The molecule has 1 aromatic rings. The van der Waals surface area contributed by atoms with E-state index in [4.69, 9.17) is 0 Å². The second-order valence-corrected chi connectivity index (χ2v) is 5.40. The number of nitrogens with one attached hydrogen (secondary N) is 2. The van der Waals surface area contributed by atoms with E-state index in [2.05, 4.69) is 41.8 Å². The van der Waals surface area contributed by atoms with Crippen LogP contribution in [0.3, 0.4) is 0 Å². The van der Waals surface area contributed by atoms with Gasteiger partial charge in [0.05, 0.1) is 6.54 Å². The number of carbonyl (C=O) groups is 1. The summed E-state index contributed by atoms with van der Waals surface area (Å²) in [5.41, 5.74) is 2.79. The van der Waals surface area contributed by atoms with Gasteiger partial charge in [-0.25, -0.2) is 0 Å². The fourth-order valence-electron chi connectivity index (χ4n) is 2.61. The van der Waals surface area contributed by atoms with Crippen molar-refractivity contribution in [3.8, 4) is 0 Å². The van der Waals surface area contributed by atoms with E-state index in [1.165, 1.54) is 17.5 Å². The van der Waals surface area contributed by atoms with Crippen molar-refractivity contribution in [1.29, 1.82) is 0 Å². The highest BCUT2D eigenvalue weighted by molar-refractivity contribution is 5.78. The summed E-state index contributed by atoms with van der Waals surface area (Å²) in [7, 11) is 0. The Morgan fingerprint density at radius 3 is 3.00 bits per heavy atom. The van der Waals surface area contributed by atoms with E-state index in [0.29, 0.717) is 12.6 Å². The highest BCUT2D eigenvalue weighted by Crippen LogP contribution is 2.29. The van der Waals surface area contributed by atoms with Crippen molar-refractivity contribution in [2.45, 2.75) is 51.6 Å². The summed E-state index contributed by atoms with van der Waals surface area (Å²) in [4.78, 5) is 11.8. The van der Waals surface area contributed by atoms with E-state index in [1.54, 1.807) is 0 Å². The van der Waals surface area contributed by atoms with E-state index in [9.17, 15) is 4.79 Å². The average molecular weight is 260 g/mol. The van der Waals surface area contributed by atoms with Crippen molar-refractivity contribution >= 4 is 5.91 Å². The van der Waals surface area contributed by atoms with E-state index in [1.807, 2.05) is 6.92 Å². The monoisotopic (exact) mass is 260 g/mol. The average Bonchev–Trinajstić information content (AvgIpc) is 2.44. The van der Waals surface area contributed by atoms with Crippen LogP contribution >= 0.6 is 0 Å². The maximum atomic E-state index is 11.8. The minimum absolute atomic E-state index is 0.0948. The molecule has 104 valence electrons. The number of fused-ring (bicyclic) bond motifs is 1. The van der Waals surface area contributed by atoms with Crippen molar-refractivity contribution in [3.63, 3.8) is 0 Å². The zero-order chi connectivity index (χ0) is 13.7. The van der Waals surface area contributed by atoms with Crippen LogP contribution in [-0.2, 0) is 11.2 Å². The summed E-state index contributed by atoms with van der Waals surface area (Å²) in [5, 5.41) is 6.39. The summed E-state index contributed by atoms with van der Waals surface area (Å²) in [5.74, 6) is 0.0948. The fraction of sp³-hybridized carbons (Fsp3) is 0.562. The lowest BCUT2D eigenvalue weighted by Gasteiger charge is -2.26. The van der Waals surface area contributed by atoms with Crippen molar-refractivity contribution in [3.05, 3.63) is 35.4 Å². The van der Waals surface area contributed by atoms with E-state index >= 15 is 0 Å². The van der Waals surface area contributed by atoms with Crippen LogP contribution in [0.4, 0.5) is 0 Å². The molecule has 0 radical (unpaired) electrons. The van der Waals surface area contributed by atoms with Gasteiger partial charge in [0.15, 0.2) is 0 Å². The van der Waals surface area contributed by atoms with Crippen LogP contribution in [-0.4, -0.2) is 18.5 Å². The van der Waals surface area contributed by atoms with Crippen molar-refractivity contribution < 1.29 is 4.79 Å². The third-order valence-corrected chi connectivity index (χ3v) is 3.90. The summed E-state index contributed by atoms with van der Waals surface area (Å²) >= 11 is 0. The molecule has 0 fully saturated rings. The van der Waals surface area contributed by atoms with Gasteiger partial charge in [0, 0.05) is 12.1 Å². The highest BCUT2D eigenvalue weighted by Gasteiger charge is 2.19. The Hall–Kier alpha value is -1.35. The molecule has 3 heteroatoms. The Kier molecular flexibility index (Phi) is 4.97. The summed E-state index contributed by atoms with van der Waals surface area (Å²) in [6.07, 6.45) is 4.45. The van der Waals surface area contributed by atoms with Gasteiger partial charge >= 0.3 is 0 Å². The first kappa shape index (κ1) is 14.1. The van der Waals surface area contributed by atoms with Gasteiger partial charge in [0.2, 0.25) is 5.91 Å². The van der Waals surface area contributed by atoms with Gasteiger partial charge in [-0.3, -0.25) is 4.79 Å². The Bertz CT molecular complexity index is 431. The number of carbonyl (C=O) groups excluding carboxylic acids is 1. The van der Waals surface area contributed by atoms with E-state index in [-0.39, 0.29) is 11.9 Å². The molecule has 0 saturated heterocycles.